The third-order valence-corrected chi connectivity index (χ3v) is 0.759. The highest BCUT2D eigenvalue weighted by molar-refractivity contribution is 5.59. The van der Waals surface area contributed by atoms with Gasteiger partial charge in [0.15, 0.2) is 13.0 Å². The number of aromatic nitrogens is 3. The Hall–Kier alpha value is -1.53. The van der Waals surface area contributed by atoms with Gasteiger partial charge in [0, 0.05) is 0 Å². The van der Waals surface area contributed by atoms with Crippen molar-refractivity contribution in [3.05, 3.63) is 18.5 Å². The summed E-state index contributed by atoms with van der Waals surface area (Å²) in [5.41, 5.74) is 0. The molecule has 1 heterocycles. The standard InChI is InChI=1S/C3H3F3O.C3H3N3/c4-1-3(5,6)2-7;1-2-4-6-5-3-1/h2H,1H2;1-3H. The minimum atomic E-state index is -3.76. The summed E-state index contributed by atoms with van der Waals surface area (Å²) in [6.07, 6.45) is 2.44. The zero-order chi connectivity index (χ0) is 10.2. The van der Waals surface area contributed by atoms with Gasteiger partial charge < -0.3 is 0 Å². The molecule has 0 aliphatic rings. The van der Waals surface area contributed by atoms with Gasteiger partial charge >= 0.3 is 5.92 Å². The molecule has 13 heavy (non-hydrogen) atoms. The molecule has 7 heteroatoms. The maximum absolute atomic E-state index is 11.1. The molecule has 72 valence electrons. The number of aldehydes is 1. The molecule has 0 aromatic carbocycles. The minimum absolute atomic E-state index is 0.715. The molecular formula is C6H6F3N3O. The Morgan fingerprint density at radius 3 is 1.92 bits per heavy atom. The van der Waals surface area contributed by atoms with Crippen LogP contribution < -0.4 is 0 Å². The molecule has 0 saturated carbocycles. The van der Waals surface area contributed by atoms with Crippen LogP contribution in [0.3, 0.4) is 0 Å². The quantitative estimate of drug-likeness (QED) is 0.647. The van der Waals surface area contributed by atoms with E-state index in [0.29, 0.717) is 0 Å². The molecule has 1 aromatic heterocycles. The van der Waals surface area contributed by atoms with Crippen LogP contribution in [0.25, 0.3) is 0 Å². The van der Waals surface area contributed by atoms with Gasteiger partial charge in [-0.1, -0.05) is 0 Å². The predicted octanol–water partition coefficient (Wildman–Crippen LogP) is 0.662. The van der Waals surface area contributed by atoms with Crippen molar-refractivity contribution in [1.29, 1.82) is 0 Å². The molecule has 0 saturated heterocycles. The molecule has 0 fully saturated rings. The monoisotopic (exact) mass is 193 g/mol. The van der Waals surface area contributed by atoms with Crippen LogP contribution >= 0.6 is 0 Å². The summed E-state index contributed by atoms with van der Waals surface area (Å²) in [6, 6.07) is 1.72. The van der Waals surface area contributed by atoms with E-state index in [1.54, 1.807) is 18.5 Å². The average Bonchev–Trinajstić information content (AvgIpc) is 2.21. The Bertz CT molecular complexity index is 205. The van der Waals surface area contributed by atoms with E-state index in [1.165, 1.54) is 0 Å². The Morgan fingerprint density at radius 2 is 1.85 bits per heavy atom. The van der Waals surface area contributed by atoms with Gasteiger partial charge in [0.25, 0.3) is 0 Å². The van der Waals surface area contributed by atoms with Crippen molar-refractivity contribution in [2.24, 2.45) is 0 Å². The summed E-state index contributed by atoms with van der Waals surface area (Å²) in [5, 5.41) is 10.1. The van der Waals surface area contributed by atoms with Crippen LogP contribution in [0.5, 0.6) is 0 Å². The smallest absolute Gasteiger partial charge is 0.297 e. The fourth-order valence-electron chi connectivity index (χ4n) is 0.236. The highest BCUT2D eigenvalue weighted by Crippen LogP contribution is 2.08. The lowest BCUT2D eigenvalue weighted by Gasteiger charge is -1.97. The van der Waals surface area contributed by atoms with Crippen LogP contribution in [-0.2, 0) is 4.79 Å². The normalized spacial score (nSPS) is 9.77. The Balaban J connectivity index is 0.000000223. The molecular weight excluding hydrogens is 187 g/mol. The number of carbonyl (C=O) groups is 1. The van der Waals surface area contributed by atoms with E-state index in [4.69, 9.17) is 4.79 Å². The molecule has 0 atom stereocenters. The van der Waals surface area contributed by atoms with Crippen LogP contribution in [0.1, 0.15) is 0 Å². The summed E-state index contributed by atoms with van der Waals surface area (Å²) in [4.78, 5) is 9.07. The first-order valence-electron chi connectivity index (χ1n) is 3.11. The van der Waals surface area contributed by atoms with E-state index in [2.05, 4.69) is 15.4 Å². The zero-order valence-electron chi connectivity index (χ0n) is 6.40. The lowest BCUT2D eigenvalue weighted by molar-refractivity contribution is -0.131. The first kappa shape index (κ1) is 11.5. The van der Waals surface area contributed by atoms with Gasteiger partial charge in [-0.25, -0.2) is 4.39 Å². The van der Waals surface area contributed by atoms with Crippen LogP contribution in [0.4, 0.5) is 13.2 Å². The average molecular weight is 193 g/mol. The van der Waals surface area contributed by atoms with E-state index in [-0.39, 0.29) is 0 Å². The number of alkyl halides is 3. The molecule has 0 bridgehead atoms. The molecule has 0 spiro atoms. The molecule has 0 unspecified atom stereocenters. The van der Waals surface area contributed by atoms with E-state index in [9.17, 15) is 13.2 Å². The number of nitrogens with zero attached hydrogens (tertiary/aromatic N) is 3. The second kappa shape index (κ2) is 6.04. The Morgan fingerprint density at radius 1 is 1.31 bits per heavy atom. The summed E-state index contributed by atoms with van der Waals surface area (Å²) in [5.74, 6) is -3.76. The van der Waals surface area contributed by atoms with Crippen molar-refractivity contribution in [2.75, 3.05) is 6.67 Å². The highest BCUT2D eigenvalue weighted by Gasteiger charge is 2.27. The lowest BCUT2D eigenvalue weighted by atomic mass is 10.4. The van der Waals surface area contributed by atoms with Crippen LogP contribution in [0, 0.1) is 0 Å². The molecule has 0 amide bonds. The van der Waals surface area contributed by atoms with Gasteiger partial charge in [-0.05, 0) is 11.3 Å². The summed E-state index contributed by atoms with van der Waals surface area (Å²) in [7, 11) is 0. The largest absolute Gasteiger partial charge is 0.330 e. The van der Waals surface area contributed by atoms with Crippen molar-refractivity contribution < 1.29 is 18.0 Å². The summed E-state index contributed by atoms with van der Waals surface area (Å²) >= 11 is 0. The molecule has 4 nitrogen and oxygen atoms in total. The predicted molar refractivity (Wildman–Crippen MR) is 36.8 cm³/mol. The first-order valence-corrected chi connectivity index (χ1v) is 3.11. The SMILES string of the molecule is O=CC(F)(F)CF.c1cnnnc1. The number of halogens is 3. The number of rotatable bonds is 2. The van der Waals surface area contributed by atoms with Gasteiger partial charge in [0.1, 0.15) is 0 Å². The maximum atomic E-state index is 11.1. The van der Waals surface area contributed by atoms with Gasteiger partial charge in [-0.2, -0.15) is 8.78 Å². The third kappa shape index (κ3) is 6.85. The van der Waals surface area contributed by atoms with E-state index < -0.39 is 18.9 Å². The highest BCUT2D eigenvalue weighted by atomic mass is 19.3. The number of hydrogen-bond acceptors (Lipinski definition) is 4. The minimum Gasteiger partial charge on any atom is -0.297 e. The fraction of sp³-hybridized carbons (Fsp3) is 0.333. The van der Waals surface area contributed by atoms with Gasteiger partial charge in [-0.3, -0.25) is 4.79 Å². The Labute approximate surface area is 71.8 Å². The van der Waals surface area contributed by atoms with Gasteiger partial charge in [0.2, 0.25) is 0 Å². The third-order valence-electron chi connectivity index (χ3n) is 0.759. The van der Waals surface area contributed by atoms with Crippen molar-refractivity contribution in [2.45, 2.75) is 5.92 Å². The van der Waals surface area contributed by atoms with Crippen molar-refractivity contribution in [1.82, 2.24) is 15.4 Å². The van der Waals surface area contributed by atoms with Gasteiger partial charge in [-0.15, -0.1) is 10.2 Å². The fourth-order valence-corrected chi connectivity index (χ4v) is 0.236. The number of carbonyl (C=O) groups excluding carboxylic acids is 1. The van der Waals surface area contributed by atoms with E-state index in [0.717, 1.165) is 0 Å². The van der Waals surface area contributed by atoms with Crippen LogP contribution in [0.15, 0.2) is 18.5 Å². The maximum Gasteiger partial charge on any atom is 0.330 e. The van der Waals surface area contributed by atoms with E-state index >= 15 is 0 Å². The first-order chi connectivity index (χ1) is 6.12. The molecule has 1 aromatic rings. The molecule has 0 N–H and O–H groups in total. The second-order valence-electron chi connectivity index (χ2n) is 1.82. The van der Waals surface area contributed by atoms with Crippen molar-refractivity contribution >= 4 is 6.29 Å². The topological polar surface area (TPSA) is 55.7 Å². The van der Waals surface area contributed by atoms with Crippen LogP contribution in [-0.4, -0.2) is 34.3 Å². The number of hydrogen-bond donors (Lipinski definition) is 0. The molecule has 0 aliphatic heterocycles. The van der Waals surface area contributed by atoms with E-state index in [1.807, 2.05) is 0 Å². The summed E-state index contributed by atoms with van der Waals surface area (Å²) in [6.45, 7) is -1.91. The van der Waals surface area contributed by atoms with Crippen molar-refractivity contribution in [3.8, 4) is 0 Å². The summed E-state index contributed by atoms with van der Waals surface area (Å²) < 4.78 is 33.1. The lowest BCUT2D eigenvalue weighted by Crippen LogP contribution is -2.19. The van der Waals surface area contributed by atoms with Crippen molar-refractivity contribution in [3.63, 3.8) is 0 Å². The van der Waals surface area contributed by atoms with Gasteiger partial charge in [0.05, 0.1) is 12.4 Å². The zero-order valence-corrected chi connectivity index (χ0v) is 6.40. The van der Waals surface area contributed by atoms with Crippen LogP contribution in [0.2, 0.25) is 0 Å². The Kier molecular flexibility index (Phi) is 5.33. The second-order valence-corrected chi connectivity index (χ2v) is 1.82. The molecule has 1 rings (SSSR count). The molecule has 0 aliphatic carbocycles. The molecule has 0 radical (unpaired) electrons.